The van der Waals surface area contributed by atoms with E-state index in [1.165, 1.54) is 0 Å². The van der Waals surface area contributed by atoms with Gasteiger partial charge in [-0.15, -0.1) is 0 Å². The second-order valence-electron chi connectivity index (χ2n) is 4.26. The number of hydrogen-bond acceptors (Lipinski definition) is 2. The van der Waals surface area contributed by atoms with Crippen LogP contribution in [0.25, 0.3) is 0 Å². The second-order valence-corrected chi connectivity index (χ2v) is 5.42. The number of carbonyl (C=O) groups excluding carboxylic acids is 1. The van der Waals surface area contributed by atoms with Gasteiger partial charge in [0.2, 0.25) is 0 Å². The summed E-state index contributed by atoms with van der Waals surface area (Å²) in [5, 5.41) is 0. The van der Waals surface area contributed by atoms with Crippen LogP contribution in [0, 0.1) is 3.57 Å². The smallest absolute Gasteiger partial charge is 0.256 e. The van der Waals surface area contributed by atoms with E-state index in [1.54, 1.807) is 12.4 Å². The van der Waals surface area contributed by atoms with Gasteiger partial charge in [0.05, 0.1) is 5.56 Å². The summed E-state index contributed by atoms with van der Waals surface area (Å²) in [4.78, 5) is 18.2. The van der Waals surface area contributed by atoms with E-state index in [-0.39, 0.29) is 18.0 Å². The molecule has 88 valence electrons. The van der Waals surface area contributed by atoms with Gasteiger partial charge in [-0.1, -0.05) is 0 Å². The molecule has 16 heavy (non-hydrogen) atoms. The third-order valence-corrected chi connectivity index (χ3v) is 3.29. The molecule has 3 nitrogen and oxygen atoms in total. The van der Waals surface area contributed by atoms with E-state index in [0.717, 1.165) is 3.57 Å². The van der Waals surface area contributed by atoms with E-state index in [1.807, 2.05) is 38.7 Å². The van der Waals surface area contributed by atoms with Crippen LogP contribution in [0.1, 0.15) is 38.1 Å². The SMILES string of the molecule is CC(C)N(C(=O)c1cnccc1I)C(C)C. The van der Waals surface area contributed by atoms with Gasteiger partial charge >= 0.3 is 0 Å². The van der Waals surface area contributed by atoms with E-state index in [0.29, 0.717) is 5.56 Å². The molecule has 0 saturated heterocycles. The first kappa shape index (κ1) is 13.4. The molecule has 0 radical (unpaired) electrons. The minimum Gasteiger partial charge on any atom is -0.334 e. The van der Waals surface area contributed by atoms with Crippen molar-refractivity contribution in [3.05, 3.63) is 27.6 Å². The van der Waals surface area contributed by atoms with Crippen LogP contribution in [0.2, 0.25) is 0 Å². The lowest BCUT2D eigenvalue weighted by molar-refractivity contribution is 0.0642. The van der Waals surface area contributed by atoms with Crippen molar-refractivity contribution in [2.24, 2.45) is 0 Å². The van der Waals surface area contributed by atoms with Crippen molar-refractivity contribution in [3.63, 3.8) is 0 Å². The van der Waals surface area contributed by atoms with Crippen LogP contribution < -0.4 is 0 Å². The van der Waals surface area contributed by atoms with Crippen molar-refractivity contribution >= 4 is 28.5 Å². The van der Waals surface area contributed by atoms with Crippen LogP contribution in [0.4, 0.5) is 0 Å². The number of carbonyl (C=O) groups is 1. The molecular weight excluding hydrogens is 315 g/mol. The fourth-order valence-corrected chi connectivity index (χ4v) is 2.27. The van der Waals surface area contributed by atoms with Crippen LogP contribution >= 0.6 is 22.6 Å². The molecule has 0 aliphatic rings. The maximum Gasteiger partial charge on any atom is 0.256 e. The summed E-state index contributed by atoms with van der Waals surface area (Å²) in [6, 6.07) is 2.25. The molecule has 0 saturated carbocycles. The topological polar surface area (TPSA) is 33.2 Å². The molecule has 0 spiro atoms. The monoisotopic (exact) mass is 332 g/mol. The summed E-state index contributed by atoms with van der Waals surface area (Å²) in [5.74, 6) is 0.0579. The van der Waals surface area contributed by atoms with E-state index in [4.69, 9.17) is 0 Å². The van der Waals surface area contributed by atoms with Gasteiger partial charge in [0.1, 0.15) is 0 Å². The lowest BCUT2D eigenvalue weighted by Crippen LogP contribution is -2.42. The van der Waals surface area contributed by atoms with Crippen LogP contribution in [0.5, 0.6) is 0 Å². The van der Waals surface area contributed by atoms with Gasteiger partial charge in [-0.25, -0.2) is 0 Å². The Hall–Kier alpha value is -0.650. The van der Waals surface area contributed by atoms with Gasteiger partial charge < -0.3 is 4.90 Å². The molecule has 0 aliphatic heterocycles. The average molecular weight is 332 g/mol. The molecule has 0 fully saturated rings. The molecule has 0 unspecified atom stereocenters. The number of hydrogen-bond donors (Lipinski definition) is 0. The molecule has 0 bridgehead atoms. The van der Waals surface area contributed by atoms with Gasteiger partial charge in [-0.05, 0) is 56.4 Å². The average Bonchev–Trinajstić information content (AvgIpc) is 2.16. The first-order valence-electron chi connectivity index (χ1n) is 5.37. The number of halogens is 1. The third kappa shape index (κ3) is 2.93. The highest BCUT2D eigenvalue weighted by Crippen LogP contribution is 2.16. The Bertz CT molecular complexity index is 369. The predicted molar refractivity (Wildman–Crippen MR) is 73.4 cm³/mol. The quantitative estimate of drug-likeness (QED) is 0.798. The second kappa shape index (κ2) is 5.61. The highest BCUT2D eigenvalue weighted by Gasteiger charge is 2.23. The summed E-state index contributed by atoms with van der Waals surface area (Å²) < 4.78 is 0.948. The van der Waals surface area contributed by atoms with Crippen LogP contribution in [0.3, 0.4) is 0 Å². The molecule has 0 N–H and O–H groups in total. The molecule has 0 aliphatic carbocycles. The number of pyridine rings is 1. The Morgan fingerprint density at radius 3 is 2.31 bits per heavy atom. The molecule has 0 aromatic carbocycles. The summed E-state index contributed by atoms with van der Waals surface area (Å²) >= 11 is 2.17. The molecule has 1 aromatic heterocycles. The normalized spacial score (nSPS) is 10.9. The van der Waals surface area contributed by atoms with Crippen LogP contribution in [-0.4, -0.2) is 27.9 Å². The van der Waals surface area contributed by atoms with Crippen molar-refractivity contribution < 1.29 is 4.79 Å². The lowest BCUT2D eigenvalue weighted by atomic mass is 10.1. The summed E-state index contributed by atoms with van der Waals surface area (Å²) in [7, 11) is 0. The minimum atomic E-state index is 0.0579. The highest BCUT2D eigenvalue weighted by molar-refractivity contribution is 14.1. The molecule has 1 aromatic rings. The Morgan fingerprint density at radius 2 is 1.88 bits per heavy atom. The molecular formula is C12H17IN2O. The maximum atomic E-state index is 12.3. The van der Waals surface area contributed by atoms with E-state index >= 15 is 0 Å². The standard InChI is InChI=1S/C12H17IN2O/c1-8(2)15(9(3)4)12(16)10-7-14-6-5-11(10)13/h5-9H,1-4H3. The first-order valence-corrected chi connectivity index (χ1v) is 6.45. The van der Waals surface area contributed by atoms with Crippen molar-refractivity contribution in [2.75, 3.05) is 0 Å². The van der Waals surface area contributed by atoms with E-state index < -0.39 is 0 Å². The predicted octanol–water partition coefficient (Wildman–Crippen LogP) is 2.95. The van der Waals surface area contributed by atoms with Gasteiger partial charge in [0.15, 0.2) is 0 Å². The van der Waals surface area contributed by atoms with Crippen molar-refractivity contribution in [3.8, 4) is 0 Å². The largest absolute Gasteiger partial charge is 0.334 e. The Balaban J connectivity index is 3.05. The number of aromatic nitrogens is 1. The zero-order valence-electron chi connectivity index (χ0n) is 10.1. The third-order valence-electron chi connectivity index (χ3n) is 2.35. The Morgan fingerprint density at radius 1 is 1.31 bits per heavy atom. The van der Waals surface area contributed by atoms with E-state index in [9.17, 15) is 4.79 Å². The first-order chi connectivity index (χ1) is 7.45. The van der Waals surface area contributed by atoms with Gasteiger partial charge in [0.25, 0.3) is 5.91 Å². The van der Waals surface area contributed by atoms with Gasteiger partial charge in [-0.2, -0.15) is 0 Å². The van der Waals surface area contributed by atoms with Crippen molar-refractivity contribution in [1.29, 1.82) is 0 Å². The Labute approximate surface area is 110 Å². The number of nitrogens with zero attached hydrogens (tertiary/aromatic N) is 2. The maximum absolute atomic E-state index is 12.3. The summed E-state index contributed by atoms with van der Waals surface area (Å²) in [5.41, 5.74) is 0.686. The number of rotatable bonds is 3. The van der Waals surface area contributed by atoms with Crippen molar-refractivity contribution in [2.45, 2.75) is 39.8 Å². The molecule has 4 heteroatoms. The number of amides is 1. The van der Waals surface area contributed by atoms with Crippen LogP contribution in [-0.2, 0) is 0 Å². The Kier molecular flexibility index (Phi) is 4.70. The zero-order valence-corrected chi connectivity index (χ0v) is 12.2. The zero-order chi connectivity index (χ0) is 12.3. The minimum absolute atomic E-state index is 0.0579. The van der Waals surface area contributed by atoms with E-state index in [2.05, 4.69) is 27.6 Å². The van der Waals surface area contributed by atoms with Crippen molar-refractivity contribution in [1.82, 2.24) is 9.88 Å². The fourth-order valence-electron chi connectivity index (χ4n) is 1.74. The lowest BCUT2D eigenvalue weighted by Gasteiger charge is -2.31. The molecule has 1 rings (SSSR count). The summed E-state index contributed by atoms with van der Waals surface area (Å²) in [6.45, 7) is 8.12. The molecule has 0 atom stereocenters. The van der Waals surface area contributed by atoms with Crippen LogP contribution in [0.15, 0.2) is 18.5 Å². The highest BCUT2D eigenvalue weighted by atomic mass is 127. The fraction of sp³-hybridized carbons (Fsp3) is 0.500. The molecule has 1 heterocycles. The van der Waals surface area contributed by atoms with Gasteiger partial charge in [0, 0.05) is 28.0 Å². The molecule has 1 amide bonds. The summed E-state index contributed by atoms with van der Waals surface area (Å²) in [6.07, 6.45) is 3.34. The van der Waals surface area contributed by atoms with Gasteiger partial charge in [-0.3, -0.25) is 9.78 Å².